The molecular weight excluding hydrogens is 296 g/mol. The number of alkyl halides is 1. The van der Waals surface area contributed by atoms with Crippen LogP contribution in [-0.2, 0) is 22.9 Å². The highest BCUT2D eigenvalue weighted by Crippen LogP contribution is 2.36. The average molecular weight is 307 g/mol. The maximum atomic E-state index is 12.6. The molecule has 86 valence electrons. The predicted molar refractivity (Wildman–Crippen MR) is 73.0 cm³/mol. The number of benzene rings is 2. The minimum atomic E-state index is -1.03. The van der Waals surface area contributed by atoms with Crippen LogP contribution in [0, 0.1) is 0 Å². The van der Waals surface area contributed by atoms with Crippen molar-refractivity contribution in [3.05, 3.63) is 59.2 Å². The van der Waals surface area contributed by atoms with Gasteiger partial charge in [-0.15, -0.1) is 0 Å². The number of rotatable bonds is 1. The van der Waals surface area contributed by atoms with E-state index in [0.717, 1.165) is 27.1 Å². The molecule has 0 spiro atoms. The van der Waals surface area contributed by atoms with Gasteiger partial charge in [0.25, 0.3) is 0 Å². The lowest BCUT2D eigenvalue weighted by Crippen LogP contribution is -2.16. The van der Waals surface area contributed by atoms with Crippen LogP contribution in [-0.4, -0.2) is 4.55 Å². The van der Waals surface area contributed by atoms with E-state index in [1.807, 2.05) is 30.3 Å². The van der Waals surface area contributed by atoms with Gasteiger partial charge in [0.1, 0.15) is 0 Å². The second-order valence-electron chi connectivity index (χ2n) is 4.09. The van der Waals surface area contributed by atoms with Crippen LogP contribution < -0.4 is 0 Å². The highest BCUT2D eigenvalue weighted by molar-refractivity contribution is 9.08. The summed E-state index contributed by atoms with van der Waals surface area (Å²) < 4.78 is 12.6. The van der Waals surface area contributed by atoms with Crippen LogP contribution >= 0.6 is 15.9 Å². The number of fused-ring (bicyclic) bond motifs is 2. The number of hydrogen-bond donors (Lipinski definition) is 0. The summed E-state index contributed by atoms with van der Waals surface area (Å²) in [5, 5.41) is 0.754. The first kappa shape index (κ1) is 11.3. The summed E-state index contributed by atoms with van der Waals surface area (Å²) in [6.45, 7) is 0. The molecule has 0 aliphatic carbocycles. The van der Waals surface area contributed by atoms with Crippen molar-refractivity contribution in [3.63, 3.8) is 0 Å². The minimum absolute atomic E-state index is 0.754. The van der Waals surface area contributed by atoms with Gasteiger partial charge in [0, 0.05) is 39.6 Å². The van der Waals surface area contributed by atoms with Crippen LogP contribution in [0.5, 0.6) is 0 Å². The molecule has 0 radical (unpaired) electrons. The Labute approximate surface area is 112 Å². The van der Waals surface area contributed by atoms with E-state index in [1.54, 1.807) is 0 Å². The van der Waals surface area contributed by atoms with Crippen molar-refractivity contribution in [2.24, 2.45) is 0 Å². The SMILES string of the molecule is [O-][S+]1c2ccccc2Cc2cccc(CBr)c21. The summed E-state index contributed by atoms with van der Waals surface area (Å²) in [6, 6.07) is 14.2. The van der Waals surface area contributed by atoms with E-state index >= 15 is 0 Å². The first-order chi connectivity index (χ1) is 8.31. The normalized spacial score (nSPS) is 17.4. The Morgan fingerprint density at radius 1 is 1.06 bits per heavy atom. The predicted octanol–water partition coefficient (Wildman–Crippen LogP) is 3.65. The molecule has 17 heavy (non-hydrogen) atoms. The summed E-state index contributed by atoms with van der Waals surface area (Å²) >= 11 is 2.44. The van der Waals surface area contributed by atoms with Crippen molar-refractivity contribution in [1.29, 1.82) is 0 Å². The first-order valence-electron chi connectivity index (χ1n) is 5.47. The van der Waals surface area contributed by atoms with Crippen LogP contribution in [0.2, 0.25) is 0 Å². The summed E-state index contributed by atoms with van der Waals surface area (Å²) in [5.41, 5.74) is 3.51. The largest absolute Gasteiger partial charge is 0.606 e. The Hall–Kier alpha value is -0.770. The molecule has 1 nitrogen and oxygen atoms in total. The molecule has 0 saturated heterocycles. The molecule has 0 saturated carbocycles. The average Bonchev–Trinajstić information content (AvgIpc) is 2.38. The van der Waals surface area contributed by atoms with Gasteiger partial charge in [-0.3, -0.25) is 0 Å². The van der Waals surface area contributed by atoms with Crippen molar-refractivity contribution < 1.29 is 4.55 Å². The molecule has 0 bridgehead atoms. The lowest BCUT2D eigenvalue weighted by Gasteiger charge is -2.23. The third-order valence-corrected chi connectivity index (χ3v) is 5.36. The topological polar surface area (TPSA) is 23.1 Å². The molecule has 0 fully saturated rings. The lowest BCUT2D eigenvalue weighted by atomic mass is 10.0. The quantitative estimate of drug-likeness (QED) is 0.582. The zero-order valence-electron chi connectivity index (χ0n) is 9.15. The van der Waals surface area contributed by atoms with Gasteiger partial charge in [-0.2, -0.15) is 0 Å². The van der Waals surface area contributed by atoms with E-state index < -0.39 is 11.2 Å². The molecule has 3 rings (SSSR count). The summed E-state index contributed by atoms with van der Waals surface area (Å²) in [7, 11) is 0. The Morgan fingerprint density at radius 3 is 2.65 bits per heavy atom. The summed E-state index contributed by atoms with van der Waals surface area (Å²) in [4.78, 5) is 1.97. The zero-order valence-corrected chi connectivity index (χ0v) is 11.6. The summed E-state index contributed by atoms with van der Waals surface area (Å²) in [6.07, 6.45) is 0.887. The molecule has 1 aliphatic rings. The molecule has 0 amide bonds. The van der Waals surface area contributed by atoms with E-state index in [-0.39, 0.29) is 0 Å². The van der Waals surface area contributed by atoms with Gasteiger partial charge in [-0.1, -0.05) is 52.3 Å². The zero-order chi connectivity index (χ0) is 11.8. The Morgan fingerprint density at radius 2 is 1.82 bits per heavy atom. The van der Waals surface area contributed by atoms with Crippen molar-refractivity contribution in [2.75, 3.05) is 0 Å². The van der Waals surface area contributed by atoms with Gasteiger partial charge in [-0.05, 0) is 6.07 Å². The van der Waals surface area contributed by atoms with E-state index in [1.165, 1.54) is 11.1 Å². The van der Waals surface area contributed by atoms with Crippen LogP contribution in [0.15, 0.2) is 52.3 Å². The maximum absolute atomic E-state index is 12.6. The van der Waals surface area contributed by atoms with E-state index in [4.69, 9.17) is 0 Å². The number of halogens is 1. The Balaban J connectivity index is 2.20. The number of hydrogen-bond acceptors (Lipinski definition) is 1. The van der Waals surface area contributed by atoms with Gasteiger partial charge in [0.15, 0.2) is 9.79 Å². The van der Waals surface area contributed by atoms with Gasteiger partial charge < -0.3 is 4.55 Å². The van der Waals surface area contributed by atoms with Crippen molar-refractivity contribution in [1.82, 2.24) is 0 Å². The third kappa shape index (κ3) is 1.82. The van der Waals surface area contributed by atoms with Crippen molar-refractivity contribution in [2.45, 2.75) is 21.5 Å². The van der Waals surface area contributed by atoms with Gasteiger partial charge in [0.05, 0.1) is 0 Å². The lowest BCUT2D eigenvalue weighted by molar-refractivity contribution is 0.590. The van der Waals surface area contributed by atoms with Crippen LogP contribution in [0.25, 0.3) is 0 Å². The van der Waals surface area contributed by atoms with Crippen LogP contribution in [0.3, 0.4) is 0 Å². The minimum Gasteiger partial charge on any atom is -0.606 e. The van der Waals surface area contributed by atoms with Crippen molar-refractivity contribution in [3.8, 4) is 0 Å². The Kier molecular flexibility index (Phi) is 2.99. The highest BCUT2D eigenvalue weighted by Gasteiger charge is 2.29. The fourth-order valence-corrected chi connectivity index (χ4v) is 4.48. The first-order valence-corrected chi connectivity index (χ1v) is 7.75. The molecule has 0 aromatic heterocycles. The molecule has 2 aromatic rings. The van der Waals surface area contributed by atoms with E-state index in [2.05, 4.69) is 28.1 Å². The molecule has 1 heterocycles. The highest BCUT2D eigenvalue weighted by atomic mass is 79.9. The fourth-order valence-electron chi connectivity index (χ4n) is 2.27. The molecule has 0 N–H and O–H groups in total. The van der Waals surface area contributed by atoms with Crippen molar-refractivity contribution >= 4 is 27.1 Å². The Bertz CT molecular complexity index is 568. The molecule has 1 atom stereocenters. The molecule has 1 aliphatic heterocycles. The second kappa shape index (κ2) is 4.48. The maximum Gasteiger partial charge on any atom is 0.166 e. The molecule has 1 unspecified atom stereocenters. The van der Waals surface area contributed by atoms with Crippen LogP contribution in [0.1, 0.15) is 16.7 Å². The standard InChI is InChI=1S/C14H11BrOS/c15-9-12-6-3-5-11-8-10-4-1-2-7-13(10)17(16)14(11)12/h1-7H,8-9H2. The molecule has 3 heteroatoms. The third-order valence-electron chi connectivity index (χ3n) is 3.06. The molecular formula is C14H11BrOS. The smallest absolute Gasteiger partial charge is 0.166 e. The van der Waals surface area contributed by atoms with E-state index in [0.29, 0.717) is 0 Å². The fraction of sp³-hybridized carbons (Fsp3) is 0.143. The second-order valence-corrected chi connectivity index (χ2v) is 6.04. The molecule has 2 aromatic carbocycles. The van der Waals surface area contributed by atoms with E-state index in [9.17, 15) is 4.55 Å². The van der Waals surface area contributed by atoms with Gasteiger partial charge in [0.2, 0.25) is 0 Å². The van der Waals surface area contributed by atoms with Gasteiger partial charge in [-0.25, -0.2) is 0 Å². The van der Waals surface area contributed by atoms with Gasteiger partial charge >= 0.3 is 0 Å². The van der Waals surface area contributed by atoms with Crippen LogP contribution in [0.4, 0.5) is 0 Å². The monoisotopic (exact) mass is 306 g/mol. The summed E-state index contributed by atoms with van der Waals surface area (Å²) in [5.74, 6) is 0.